The first-order valence-corrected chi connectivity index (χ1v) is 14.0. The second kappa shape index (κ2) is 9.55. The van der Waals surface area contributed by atoms with Crippen LogP contribution in [-0.4, -0.2) is 86.9 Å². The van der Waals surface area contributed by atoms with Crippen LogP contribution in [0.1, 0.15) is 53.7 Å². The minimum atomic E-state index is -1.64. The van der Waals surface area contributed by atoms with Crippen LogP contribution >= 0.6 is 0 Å². The van der Waals surface area contributed by atoms with Crippen molar-refractivity contribution in [1.29, 1.82) is 0 Å². The predicted molar refractivity (Wildman–Crippen MR) is 153 cm³/mol. The largest absolute Gasteiger partial charge is 0.506 e. The Balaban J connectivity index is 1.53. The molecule has 0 amide bonds. The molecule has 0 unspecified atom stereocenters. The first kappa shape index (κ1) is 29.2. The molecule has 1 fully saturated rings. The Morgan fingerprint density at radius 1 is 0.791 bits per heavy atom. The number of methoxy groups -OCH3 is 2. The highest BCUT2D eigenvalue weighted by Crippen LogP contribution is 2.55. The molecule has 11 heteroatoms. The Morgan fingerprint density at radius 3 is 1.88 bits per heavy atom. The van der Waals surface area contributed by atoms with Crippen molar-refractivity contribution in [3.8, 4) is 34.1 Å². The predicted octanol–water partition coefficient (Wildman–Crippen LogP) is 3.19. The molecular weight excluding hydrogens is 560 g/mol. The van der Waals surface area contributed by atoms with Gasteiger partial charge in [0.25, 0.3) is 0 Å². The van der Waals surface area contributed by atoms with Gasteiger partial charge in [-0.3, -0.25) is 9.59 Å². The lowest BCUT2D eigenvalue weighted by atomic mass is 9.73. The number of rotatable bonds is 3. The molecule has 5 N–H and O–H groups in total. The number of phenolic OH excluding ortho intramolecular Hbond substituents is 2. The van der Waals surface area contributed by atoms with Crippen LogP contribution in [0.4, 0.5) is 0 Å². The maximum atomic E-state index is 13.8. The highest BCUT2D eigenvalue weighted by Gasteiger charge is 2.56. The van der Waals surface area contributed by atoms with Crippen molar-refractivity contribution in [3.05, 3.63) is 51.6 Å². The van der Waals surface area contributed by atoms with E-state index in [0.717, 1.165) is 0 Å². The first-order chi connectivity index (χ1) is 20.2. The fraction of sp³-hybridized carbons (Fsp3) is 0.438. The number of carbonyl (C=O) groups is 2. The van der Waals surface area contributed by atoms with E-state index in [1.54, 1.807) is 32.9 Å². The topological polar surface area (TPSA) is 172 Å². The summed E-state index contributed by atoms with van der Waals surface area (Å²) in [5.74, 6) is -2.46. The highest BCUT2D eigenvalue weighted by molar-refractivity contribution is 6.16. The second-order valence-electron chi connectivity index (χ2n) is 12.0. The number of carbonyl (C=O) groups excluding carboxylic acids is 2. The number of hydrogen-bond acceptors (Lipinski definition) is 11. The smallest absolute Gasteiger partial charge is 0.200 e. The normalized spacial score (nSPS) is 31.3. The van der Waals surface area contributed by atoms with Crippen molar-refractivity contribution in [2.45, 2.75) is 76.2 Å². The van der Waals surface area contributed by atoms with Crippen molar-refractivity contribution >= 4 is 17.3 Å². The van der Waals surface area contributed by atoms with E-state index in [4.69, 9.17) is 18.9 Å². The standard InChI is InChI=1S/C32H34O11/c1-12-9-17-22(25(34)14-7-8-16(40-5)29(38)31(14,3)42-17)26(35)20(12)21-13(2)10-18-23(27(21)36)28(37)24-15(33)11-19(41-6)30(39)32(24,4)43-18/h7,9-10,16,19,29-30,35-39H,8,11H2,1-6H3/t16-,19-,29-,30-,31+,32+/m0/s1. The summed E-state index contributed by atoms with van der Waals surface area (Å²) in [6.45, 7) is 6.37. The monoisotopic (exact) mass is 594 g/mol. The van der Waals surface area contributed by atoms with Crippen molar-refractivity contribution in [2.24, 2.45) is 0 Å². The van der Waals surface area contributed by atoms with Crippen molar-refractivity contribution in [1.82, 2.24) is 0 Å². The SMILES string of the molecule is CO[C@H]1CC=C2C(=O)c3c(cc(C)c(-c4c(C)cc5c(c4O)C(O)=C4C(=O)C[C@H](OC)[C@H](O)[C@]4(C)O5)c3O)O[C@@]2(C)[C@H]1O. The molecule has 0 saturated heterocycles. The molecule has 4 aliphatic rings. The number of aromatic hydroxyl groups is 2. The number of fused-ring (bicyclic) bond motifs is 4. The van der Waals surface area contributed by atoms with E-state index in [1.807, 2.05) is 0 Å². The number of Topliss-reactive ketones (excluding diaryl/α,β-unsaturated/α-hetero) is 2. The molecule has 43 heavy (non-hydrogen) atoms. The average Bonchev–Trinajstić information content (AvgIpc) is 2.92. The van der Waals surface area contributed by atoms with Gasteiger partial charge in [-0.2, -0.15) is 0 Å². The molecule has 0 aromatic heterocycles. The molecule has 1 saturated carbocycles. The minimum absolute atomic E-state index is 0.0189. The molecule has 6 atom stereocenters. The Bertz CT molecular complexity index is 1670. The van der Waals surface area contributed by atoms with Crippen LogP contribution in [0.15, 0.2) is 29.4 Å². The fourth-order valence-electron chi connectivity index (χ4n) is 7.10. The summed E-state index contributed by atoms with van der Waals surface area (Å²) in [7, 11) is 2.83. The molecule has 0 spiro atoms. The Labute approximate surface area is 247 Å². The van der Waals surface area contributed by atoms with Gasteiger partial charge < -0.3 is 44.5 Å². The lowest BCUT2D eigenvalue weighted by molar-refractivity contribution is -0.143. The number of ether oxygens (including phenoxy) is 4. The summed E-state index contributed by atoms with van der Waals surface area (Å²) >= 11 is 0. The second-order valence-corrected chi connectivity index (χ2v) is 12.0. The van der Waals surface area contributed by atoms with Gasteiger partial charge in [-0.25, -0.2) is 0 Å². The van der Waals surface area contributed by atoms with E-state index in [1.165, 1.54) is 27.2 Å². The van der Waals surface area contributed by atoms with E-state index in [2.05, 4.69) is 0 Å². The lowest BCUT2D eigenvalue weighted by Gasteiger charge is -2.46. The third-order valence-electron chi connectivity index (χ3n) is 9.45. The zero-order valence-electron chi connectivity index (χ0n) is 24.6. The molecule has 228 valence electrons. The van der Waals surface area contributed by atoms with Crippen LogP contribution < -0.4 is 9.47 Å². The third kappa shape index (κ3) is 3.75. The van der Waals surface area contributed by atoms with Gasteiger partial charge in [0.1, 0.15) is 52.1 Å². The molecule has 2 aliphatic heterocycles. The Morgan fingerprint density at radius 2 is 1.30 bits per heavy atom. The van der Waals surface area contributed by atoms with E-state index >= 15 is 0 Å². The van der Waals surface area contributed by atoms with E-state index < -0.39 is 64.4 Å². The third-order valence-corrected chi connectivity index (χ3v) is 9.45. The summed E-state index contributed by atoms with van der Waals surface area (Å²) in [4.78, 5) is 26.9. The summed E-state index contributed by atoms with van der Waals surface area (Å²) in [6.07, 6.45) is -2.19. The Hall–Kier alpha value is -3.90. The zero-order valence-corrected chi connectivity index (χ0v) is 24.6. The van der Waals surface area contributed by atoms with Gasteiger partial charge in [0.15, 0.2) is 22.8 Å². The van der Waals surface area contributed by atoms with Crippen LogP contribution in [0.2, 0.25) is 0 Å². The van der Waals surface area contributed by atoms with Gasteiger partial charge in [0.2, 0.25) is 0 Å². The molecule has 2 aromatic carbocycles. The molecule has 11 nitrogen and oxygen atoms in total. The summed E-state index contributed by atoms with van der Waals surface area (Å²) < 4.78 is 23.0. The molecule has 2 heterocycles. The van der Waals surface area contributed by atoms with Crippen molar-refractivity contribution < 1.29 is 54.1 Å². The number of benzene rings is 2. The zero-order chi connectivity index (χ0) is 31.3. The maximum Gasteiger partial charge on any atom is 0.200 e. The quantitative estimate of drug-likeness (QED) is 0.353. The summed E-state index contributed by atoms with van der Waals surface area (Å²) in [6, 6.07) is 3.07. The molecule has 0 radical (unpaired) electrons. The van der Waals surface area contributed by atoms with E-state index in [-0.39, 0.29) is 57.7 Å². The molecular formula is C32H34O11. The number of aryl methyl sites for hydroxylation is 2. The van der Waals surface area contributed by atoms with Gasteiger partial charge in [-0.05, 0) is 57.4 Å². The molecule has 6 rings (SSSR count). The van der Waals surface area contributed by atoms with Gasteiger partial charge >= 0.3 is 0 Å². The van der Waals surface area contributed by atoms with Crippen LogP contribution in [0.25, 0.3) is 16.9 Å². The van der Waals surface area contributed by atoms with Crippen molar-refractivity contribution in [3.63, 3.8) is 0 Å². The maximum absolute atomic E-state index is 13.8. The van der Waals surface area contributed by atoms with Crippen molar-refractivity contribution in [2.75, 3.05) is 14.2 Å². The van der Waals surface area contributed by atoms with Gasteiger partial charge in [-0.1, -0.05) is 6.08 Å². The number of hydrogen-bond donors (Lipinski definition) is 5. The number of aliphatic hydroxyl groups is 3. The highest BCUT2D eigenvalue weighted by atomic mass is 16.5. The van der Waals surface area contributed by atoms with E-state index in [0.29, 0.717) is 11.1 Å². The molecule has 2 aliphatic carbocycles. The van der Waals surface area contributed by atoms with Crippen LogP contribution in [0.5, 0.6) is 23.0 Å². The van der Waals surface area contributed by atoms with Crippen LogP contribution in [0.3, 0.4) is 0 Å². The van der Waals surface area contributed by atoms with Gasteiger partial charge in [0.05, 0.1) is 17.8 Å². The number of ketones is 2. The molecule has 0 bridgehead atoms. The Kier molecular flexibility index (Phi) is 6.48. The summed E-state index contributed by atoms with van der Waals surface area (Å²) in [5.41, 5.74) is -2.33. The first-order valence-electron chi connectivity index (χ1n) is 14.0. The summed E-state index contributed by atoms with van der Waals surface area (Å²) in [5, 5.41) is 56.7. The minimum Gasteiger partial charge on any atom is -0.506 e. The number of aliphatic hydroxyl groups excluding tert-OH is 3. The van der Waals surface area contributed by atoms with E-state index in [9.17, 15) is 35.1 Å². The van der Waals surface area contributed by atoms with Crippen LogP contribution in [-0.2, 0) is 14.3 Å². The lowest BCUT2D eigenvalue weighted by Crippen LogP contribution is -2.60. The van der Waals surface area contributed by atoms with Gasteiger partial charge in [0, 0.05) is 37.3 Å². The molecule has 2 aromatic rings. The van der Waals surface area contributed by atoms with Crippen LogP contribution in [0, 0.1) is 13.8 Å². The van der Waals surface area contributed by atoms with Gasteiger partial charge in [-0.15, -0.1) is 0 Å². The number of phenols is 2. The average molecular weight is 595 g/mol. The fourth-order valence-corrected chi connectivity index (χ4v) is 7.10.